The van der Waals surface area contributed by atoms with Crippen LogP contribution in [0, 0.1) is 6.92 Å². The lowest BCUT2D eigenvalue weighted by Gasteiger charge is -2.05. The van der Waals surface area contributed by atoms with Gasteiger partial charge in [0, 0.05) is 23.7 Å². The van der Waals surface area contributed by atoms with E-state index in [-0.39, 0.29) is 0 Å². The standard InChI is InChI=1S/C13H12N4/c1-10-2-3-12(9-15-10)17-13(5-7-16-17)11-4-6-14-8-11/h2-9,14H,1H3. The van der Waals surface area contributed by atoms with Gasteiger partial charge in [0.25, 0.3) is 0 Å². The molecule has 4 nitrogen and oxygen atoms in total. The smallest absolute Gasteiger partial charge is 0.0836 e. The van der Waals surface area contributed by atoms with Gasteiger partial charge in [-0.2, -0.15) is 5.10 Å². The maximum absolute atomic E-state index is 4.33. The van der Waals surface area contributed by atoms with Crippen molar-refractivity contribution >= 4 is 0 Å². The molecule has 3 aromatic heterocycles. The summed E-state index contributed by atoms with van der Waals surface area (Å²) in [7, 11) is 0. The highest BCUT2D eigenvalue weighted by Gasteiger charge is 2.07. The summed E-state index contributed by atoms with van der Waals surface area (Å²) in [5.74, 6) is 0. The van der Waals surface area contributed by atoms with Gasteiger partial charge < -0.3 is 4.98 Å². The predicted octanol–water partition coefficient (Wildman–Crippen LogP) is 2.57. The maximum atomic E-state index is 4.33. The highest BCUT2D eigenvalue weighted by molar-refractivity contribution is 5.60. The van der Waals surface area contributed by atoms with Crippen LogP contribution in [-0.4, -0.2) is 19.7 Å². The van der Waals surface area contributed by atoms with Crippen molar-refractivity contribution in [1.82, 2.24) is 19.7 Å². The summed E-state index contributed by atoms with van der Waals surface area (Å²) >= 11 is 0. The van der Waals surface area contributed by atoms with Crippen molar-refractivity contribution in [1.29, 1.82) is 0 Å². The number of aromatic amines is 1. The van der Waals surface area contributed by atoms with E-state index in [0.29, 0.717) is 0 Å². The molecule has 0 saturated heterocycles. The first kappa shape index (κ1) is 9.84. The number of nitrogens with one attached hydrogen (secondary N) is 1. The van der Waals surface area contributed by atoms with Crippen LogP contribution >= 0.6 is 0 Å². The lowest BCUT2D eigenvalue weighted by molar-refractivity contribution is 0.879. The Bertz CT molecular complexity index is 605. The fourth-order valence-electron chi connectivity index (χ4n) is 1.80. The molecule has 0 fully saturated rings. The van der Waals surface area contributed by atoms with Gasteiger partial charge in [0.05, 0.1) is 23.8 Å². The normalized spacial score (nSPS) is 10.6. The molecule has 0 radical (unpaired) electrons. The Morgan fingerprint density at radius 1 is 1.18 bits per heavy atom. The number of pyridine rings is 1. The summed E-state index contributed by atoms with van der Waals surface area (Å²) in [4.78, 5) is 7.34. The second-order valence-corrected chi connectivity index (χ2v) is 3.89. The highest BCUT2D eigenvalue weighted by Crippen LogP contribution is 2.21. The van der Waals surface area contributed by atoms with E-state index >= 15 is 0 Å². The highest BCUT2D eigenvalue weighted by atomic mass is 15.3. The minimum atomic E-state index is 0.969. The van der Waals surface area contributed by atoms with Crippen LogP contribution in [0.4, 0.5) is 0 Å². The fourth-order valence-corrected chi connectivity index (χ4v) is 1.80. The van der Waals surface area contributed by atoms with E-state index in [4.69, 9.17) is 0 Å². The van der Waals surface area contributed by atoms with E-state index in [1.54, 1.807) is 6.20 Å². The number of aromatic nitrogens is 4. The Kier molecular flexibility index (Phi) is 2.26. The van der Waals surface area contributed by atoms with Crippen LogP contribution in [-0.2, 0) is 0 Å². The van der Waals surface area contributed by atoms with Crippen molar-refractivity contribution < 1.29 is 0 Å². The Morgan fingerprint density at radius 3 is 2.82 bits per heavy atom. The zero-order chi connectivity index (χ0) is 11.7. The van der Waals surface area contributed by atoms with Gasteiger partial charge in [-0.3, -0.25) is 4.98 Å². The molecule has 84 valence electrons. The summed E-state index contributed by atoms with van der Waals surface area (Å²) in [6.45, 7) is 1.97. The monoisotopic (exact) mass is 224 g/mol. The lowest BCUT2D eigenvalue weighted by atomic mass is 10.2. The molecule has 4 heteroatoms. The molecule has 0 aliphatic rings. The molecule has 3 rings (SSSR count). The first-order chi connectivity index (χ1) is 8.34. The average Bonchev–Trinajstić information content (AvgIpc) is 3.00. The molecule has 3 heterocycles. The second-order valence-electron chi connectivity index (χ2n) is 3.89. The summed E-state index contributed by atoms with van der Waals surface area (Å²) in [6, 6.07) is 8.02. The maximum Gasteiger partial charge on any atom is 0.0836 e. The van der Waals surface area contributed by atoms with Crippen molar-refractivity contribution in [3.8, 4) is 16.9 Å². The molecule has 0 spiro atoms. The molecule has 0 saturated carbocycles. The molecule has 0 aliphatic carbocycles. The Balaban J connectivity index is 2.10. The third-order valence-corrected chi connectivity index (χ3v) is 2.68. The molecule has 0 aliphatic heterocycles. The molecule has 0 aromatic carbocycles. The molecular formula is C13H12N4. The minimum Gasteiger partial charge on any atom is -0.367 e. The number of rotatable bonds is 2. The Morgan fingerprint density at radius 2 is 2.12 bits per heavy atom. The molecule has 0 bridgehead atoms. The van der Waals surface area contributed by atoms with Crippen LogP contribution in [0.25, 0.3) is 16.9 Å². The van der Waals surface area contributed by atoms with Gasteiger partial charge in [0.2, 0.25) is 0 Å². The molecule has 1 N–H and O–H groups in total. The van der Waals surface area contributed by atoms with Crippen molar-refractivity contribution in [2.75, 3.05) is 0 Å². The second kappa shape index (κ2) is 3.90. The molecule has 3 aromatic rings. The first-order valence-electron chi connectivity index (χ1n) is 5.45. The zero-order valence-electron chi connectivity index (χ0n) is 9.46. The van der Waals surface area contributed by atoms with Gasteiger partial charge in [-0.15, -0.1) is 0 Å². The van der Waals surface area contributed by atoms with Crippen LogP contribution in [0.2, 0.25) is 0 Å². The van der Waals surface area contributed by atoms with Crippen molar-refractivity contribution in [2.45, 2.75) is 6.92 Å². The van der Waals surface area contributed by atoms with Crippen molar-refractivity contribution in [3.05, 3.63) is 54.7 Å². The number of H-pyrrole nitrogens is 1. The Hall–Kier alpha value is -2.36. The van der Waals surface area contributed by atoms with Crippen LogP contribution in [0.15, 0.2) is 49.1 Å². The van der Waals surface area contributed by atoms with E-state index in [0.717, 1.165) is 22.6 Å². The quantitative estimate of drug-likeness (QED) is 0.727. The van der Waals surface area contributed by atoms with Gasteiger partial charge in [-0.05, 0) is 31.2 Å². The van der Waals surface area contributed by atoms with E-state index in [1.807, 2.05) is 54.5 Å². The largest absolute Gasteiger partial charge is 0.367 e. The third kappa shape index (κ3) is 1.73. The number of hydrogen-bond donors (Lipinski definition) is 1. The fraction of sp³-hybridized carbons (Fsp3) is 0.0769. The first-order valence-corrected chi connectivity index (χ1v) is 5.45. The average molecular weight is 224 g/mol. The van der Waals surface area contributed by atoms with Crippen LogP contribution in [0.1, 0.15) is 5.69 Å². The van der Waals surface area contributed by atoms with Gasteiger partial charge in [0.15, 0.2) is 0 Å². The number of aryl methyl sites for hydroxylation is 1. The van der Waals surface area contributed by atoms with E-state index in [2.05, 4.69) is 15.1 Å². The topological polar surface area (TPSA) is 46.5 Å². The van der Waals surface area contributed by atoms with E-state index in [1.165, 1.54) is 0 Å². The van der Waals surface area contributed by atoms with Crippen LogP contribution in [0.5, 0.6) is 0 Å². The third-order valence-electron chi connectivity index (χ3n) is 2.68. The van der Waals surface area contributed by atoms with Crippen LogP contribution < -0.4 is 0 Å². The molecule has 17 heavy (non-hydrogen) atoms. The number of nitrogens with zero attached hydrogens (tertiary/aromatic N) is 3. The number of hydrogen-bond acceptors (Lipinski definition) is 2. The molecule has 0 atom stereocenters. The summed E-state index contributed by atoms with van der Waals surface area (Å²) < 4.78 is 1.88. The predicted molar refractivity (Wildman–Crippen MR) is 65.9 cm³/mol. The van der Waals surface area contributed by atoms with Crippen molar-refractivity contribution in [3.63, 3.8) is 0 Å². The zero-order valence-corrected chi connectivity index (χ0v) is 9.46. The van der Waals surface area contributed by atoms with Crippen LogP contribution in [0.3, 0.4) is 0 Å². The summed E-state index contributed by atoms with van der Waals surface area (Å²) in [5, 5.41) is 4.33. The van der Waals surface area contributed by atoms with E-state index < -0.39 is 0 Å². The summed E-state index contributed by atoms with van der Waals surface area (Å²) in [5.41, 5.74) is 4.14. The van der Waals surface area contributed by atoms with E-state index in [9.17, 15) is 0 Å². The SMILES string of the molecule is Cc1ccc(-n2nccc2-c2cc[nH]c2)cn1. The Labute approximate surface area is 98.9 Å². The minimum absolute atomic E-state index is 0.969. The van der Waals surface area contributed by atoms with Gasteiger partial charge in [0.1, 0.15) is 0 Å². The molecule has 0 unspecified atom stereocenters. The van der Waals surface area contributed by atoms with Gasteiger partial charge >= 0.3 is 0 Å². The van der Waals surface area contributed by atoms with Gasteiger partial charge in [-0.25, -0.2) is 4.68 Å². The molecule has 0 amide bonds. The molecular weight excluding hydrogens is 212 g/mol. The summed E-state index contributed by atoms with van der Waals surface area (Å²) in [6.07, 6.45) is 7.48. The van der Waals surface area contributed by atoms with Crippen molar-refractivity contribution in [2.24, 2.45) is 0 Å². The lowest BCUT2D eigenvalue weighted by Crippen LogP contribution is -1.99. The van der Waals surface area contributed by atoms with Gasteiger partial charge in [-0.1, -0.05) is 0 Å².